The second-order valence-electron chi connectivity index (χ2n) is 5.28. The lowest BCUT2D eigenvalue weighted by molar-refractivity contribution is 0.173. The van der Waals surface area contributed by atoms with Crippen LogP contribution in [0.3, 0.4) is 0 Å². The lowest BCUT2D eigenvalue weighted by Gasteiger charge is -2.30. The number of piperidine rings is 1. The number of hydrogen-bond donors (Lipinski definition) is 1. The first-order valence-corrected chi connectivity index (χ1v) is 7.42. The Bertz CT molecular complexity index is 233. The summed E-state index contributed by atoms with van der Waals surface area (Å²) in [4.78, 5) is 16.2. The summed E-state index contributed by atoms with van der Waals surface area (Å²) in [5.74, 6) is 0.775. The normalized spacial score (nSPS) is 17.2. The van der Waals surface area contributed by atoms with Gasteiger partial charge in [0.2, 0.25) is 0 Å². The third-order valence-corrected chi connectivity index (χ3v) is 3.89. The highest BCUT2D eigenvalue weighted by Crippen LogP contribution is 2.15. The molecule has 1 saturated heterocycles. The van der Waals surface area contributed by atoms with E-state index < -0.39 is 0 Å². The fourth-order valence-corrected chi connectivity index (χ4v) is 2.36. The summed E-state index contributed by atoms with van der Waals surface area (Å²) in [6.07, 6.45) is 3.33. The van der Waals surface area contributed by atoms with Gasteiger partial charge in [0.15, 0.2) is 0 Å². The second kappa shape index (κ2) is 8.35. The molecule has 0 aromatic heterocycles. The molecule has 4 nitrogen and oxygen atoms in total. The molecule has 0 aliphatic carbocycles. The van der Waals surface area contributed by atoms with E-state index in [9.17, 15) is 4.79 Å². The molecule has 18 heavy (non-hydrogen) atoms. The van der Waals surface area contributed by atoms with Crippen molar-refractivity contribution in [1.29, 1.82) is 0 Å². The summed E-state index contributed by atoms with van der Waals surface area (Å²) in [6.45, 7) is 12.5. The molecule has 106 valence electrons. The van der Waals surface area contributed by atoms with Crippen LogP contribution in [-0.4, -0.2) is 55.1 Å². The SMILES string of the molecule is CCN(CC)CCCNC(=O)N1CCC(C)CC1. The number of likely N-dealkylation sites (tertiary alicyclic amines) is 1. The van der Waals surface area contributed by atoms with Gasteiger partial charge in [-0.15, -0.1) is 0 Å². The molecule has 0 aromatic carbocycles. The third-order valence-electron chi connectivity index (χ3n) is 3.89. The van der Waals surface area contributed by atoms with Gasteiger partial charge in [0.25, 0.3) is 0 Å². The molecule has 0 unspecified atom stereocenters. The maximum Gasteiger partial charge on any atom is 0.317 e. The fraction of sp³-hybridized carbons (Fsp3) is 0.929. The smallest absolute Gasteiger partial charge is 0.317 e. The molecule has 0 aromatic rings. The van der Waals surface area contributed by atoms with Crippen molar-refractivity contribution in [3.63, 3.8) is 0 Å². The lowest BCUT2D eigenvalue weighted by Crippen LogP contribution is -2.44. The number of rotatable bonds is 6. The molecule has 2 amide bonds. The van der Waals surface area contributed by atoms with Crippen LogP contribution in [0, 0.1) is 5.92 Å². The average molecular weight is 255 g/mol. The van der Waals surface area contributed by atoms with E-state index in [2.05, 4.69) is 31.0 Å². The van der Waals surface area contributed by atoms with Crippen LogP contribution >= 0.6 is 0 Å². The number of carbonyl (C=O) groups is 1. The van der Waals surface area contributed by atoms with Crippen molar-refractivity contribution in [3.8, 4) is 0 Å². The first-order chi connectivity index (χ1) is 8.67. The summed E-state index contributed by atoms with van der Waals surface area (Å²) >= 11 is 0. The Morgan fingerprint density at radius 1 is 1.28 bits per heavy atom. The van der Waals surface area contributed by atoms with Crippen molar-refractivity contribution >= 4 is 6.03 Å². The molecule has 0 atom stereocenters. The van der Waals surface area contributed by atoms with Crippen LogP contribution < -0.4 is 5.32 Å². The first-order valence-electron chi connectivity index (χ1n) is 7.42. The van der Waals surface area contributed by atoms with Gasteiger partial charge in [0, 0.05) is 19.6 Å². The zero-order valence-corrected chi connectivity index (χ0v) is 12.2. The van der Waals surface area contributed by atoms with Crippen LogP contribution in [0.1, 0.15) is 40.0 Å². The molecule has 0 spiro atoms. The van der Waals surface area contributed by atoms with E-state index in [-0.39, 0.29) is 6.03 Å². The van der Waals surface area contributed by atoms with Gasteiger partial charge >= 0.3 is 6.03 Å². The zero-order chi connectivity index (χ0) is 13.4. The number of urea groups is 1. The minimum atomic E-state index is 0.126. The highest BCUT2D eigenvalue weighted by atomic mass is 16.2. The quantitative estimate of drug-likeness (QED) is 0.738. The van der Waals surface area contributed by atoms with Gasteiger partial charge in [-0.05, 0) is 44.8 Å². The number of nitrogens with one attached hydrogen (secondary N) is 1. The summed E-state index contributed by atoms with van der Waals surface area (Å²) < 4.78 is 0. The average Bonchev–Trinajstić information content (AvgIpc) is 2.39. The Morgan fingerprint density at radius 3 is 2.44 bits per heavy atom. The second-order valence-corrected chi connectivity index (χ2v) is 5.28. The number of nitrogens with zero attached hydrogens (tertiary/aromatic N) is 2. The van der Waals surface area contributed by atoms with E-state index in [0.29, 0.717) is 0 Å². The highest BCUT2D eigenvalue weighted by Gasteiger charge is 2.19. The minimum Gasteiger partial charge on any atom is -0.338 e. The molecule has 0 saturated carbocycles. The molecule has 4 heteroatoms. The van der Waals surface area contributed by atoms with E-state index >= 15 is 0 Å². The Balaban J connectivity index is 2.10. The fourth-order valence-electron chi connectivity index (χ4n) is 2.36. The van der Waals surface area contributed by atoms with Gasteiger partial charge in [-0.2, -0.15) is 0 Å². The topological polar surface area (TPSA) is 35.6 Å². The molecule has 0 bridgehead atoms. The molecule has 1 aliphatic rings. The van der Waals surface area contributed by atoms with Crippen molar-refractivity contribution in [2.75, 3.05) is 39.3 Å². The molecule has 1 N–H and O–H groups in total. The van der Waals surface area contributed by atoms with E-state index in [0.717, 1.165) is 64.4 Å². The monoisotopic (exact) mass is 255 g/mol. The first kappa shape index (κ1) is 15.3. The Hall–Kier alpha value is -0.770. The maximum atomic E-state index is 11.9. The number of amides is 2. The maximum absolute atomic E-state index is 11.9. The molecular formula is C14H29N3O. The summed E-state index contributed by atoms with van der Waals surface area (Å²) in [6, 6.07) is 0.126. The largest absolute Gasteiger partial charge is 0.338 e. The van der Waals surface area contributed by atoms with Crippen molar-refractivity contribution in [2.45, 2.75) is 40.0 Å². The molecule has 0 radical (unpaired) electrons. The summed E-state index contributed by atoms with van der Waals surface area (Å²) in [7, 11) is 0. The van der Waals surface area contributed by atoms with E-state index in [4.69, 9.17) is 0 Å². The van der Waals surface area contributed by atoms with Crippen molar-refractivity contribution in [3.05, 3.63) is 0 Å². The summed E-state index contributed by atoms with van der Waals surface area (Å²) in [5, 5.41) is 3.03. The van der Waals surface area contributed by atoms with Crippen molar-refractivity contribution < 1.29 is 4.79 Å². The van der Waals surface area contributed by atoms with E-state index in [1.165, 1.54) is 0 Å². The van der Waals surface area contributed by atoms with Gasteiger partial charge in [-0.25, -0.2) is 4.79 Å². The minimum absolute atomic E-state index is 0.126. The van der Waals surface area contributed by atoms with Gasteiger partial charge in [-0.1, -0.05) is 20.8 Å². The summed E-state index contributed by atoms with van der Waals surface area (Å²) in [5.41, 5.74) is 0. The van der Waals surface area contributed by atoms with Gasteiger partial charge < -0.3 is 15.1 Å². The standard InChI is InChI=1S/C14H29N3O/c1-4-16(5-2)10-6-9-15-14(18)17-11-7-13(3)8-12-17/h13H,4-12H2,1-3H3,(H,15,18). The lowest BCUT2D eigenvalue weighted by atomic mass is 10.00. The molecule has 1 fully saturated rings. The van der Waals surface area contributed by atoms with Crippen molar-refractivity contribution in [1.82, 2.24) is 15.1 Å². The Morgan fingerprint density at radius 2 is 1.89 bits per heavy atom. The zero-order valence-electron chi connectivity index (χ0n) is 12.2. The van der Waals surface area contributed by atoms with E-state index in [1.807, 2.05) is 4.90 Å². The highest BCUT2D eigenvalue weighted by molar-refractivity contribution is 5.74. The van der Waals surface area contributed by atoms with Crippen LogP contribution in [0.5, 0.6) is 0 Å². The Kier molecular flexibility index (Phi) is 7.09. The van der Waals surface area contributed by atoms with Crippen LogP contribution in [0.4, 0.5) is 4.79 Å². The van der Waals surface area contributed by atoms with Crippen LogP contribution in [0.15, 0.2) is 0 Å². The van der Waals surface area contributed by atoms with Gasteiger partial charge in [-0.3, -0.25) is 0 Å². The van der Waals surface area contributed by atoms with Crippen molar-refractivity contribution in [2.24, 2.45) is 5.92 Å². The predicted molar refractivity (Wildman–Crippen MR) is 75.8 cm³/mol. The Labute approximate surface area is 112 Å². The molecule has 1 rings (SSSR count). The van der Waals surface area contributed by atoms with Crippen LogP contribution in [-0.2, 0) is 0 Å². The molecule has 1 heterocycles. The van der Waals surface area contributed by atoms with Gasteiger partial charge in [0.1, 0.15) is 0 Å². The van der Waals surface area contributed by atoms with Crippen LogP contribution in [0.25, 0.3) is 0 Å². The van der Waals surface area contributed by atoms with Crippen LogP contribution in [0.2, 0.25) is 0 Å². The molecular weight excluding hydrogens is 226 g/mol. The van der Waals surface area contributed by atoms with Gasteiger partial charge in [0.05, 0.1) is 0 Å². The molecule has 1 aliphatic heterocycles. The number of carbonyl (C=O) groups excluding carboxylic acids is 1. The predicted octanol–water partition coefficient (Wildman–Crippen LogP) is 2.16. The van der Waals surface area contributed by atoms with E-state index in [1.54, 1.807) is 0 Å². The number of hydrogen-bond acceptors (Lipinski definition) is 2. The third kappa shape index (κ3) is 5.25.